The van der Waals surface area contributed by atoms with Gasteiger partial charge < -0.3 is 14.9 Å². The standard InChI is InChI=1S/C11H14O3/c12-10-3-1-2-9(8-10)11(13)4-6-14-7-5-11/h1-3,8,12-13H,4-7H2. The van der Waals surface area contributed by atoms with Gasteiger partial charge in [-0.25, -0.2) is 0 Å². The summed E-state index contributed by atoms with van der Waals surface area (Å²) < 4.78 is 5.19. The van der Waals surface area contributed by atoms with Gasteiger partial charge in [0.15, 0.2) is 0 Å². The van der Waals surface area contributed by atoms with Crippen LogP contribution >= 0.6 is 0 Å². The van der Waals surface area contributed by atoms with Crippen LogP contribution in [0, 0.1) is 0 Å². The van der Waals surface area contributed by atoms with Crippen molar-refractivity contribution in [2.75, 3.05) is 13.2 Å². The van der Waals surface area contributed by atoms with Crippen LogP contribution in [-0.2, 0) is 10.3 Å². The summed E-state index contributed by atoms with van der Waals surface area (Å²) in [5.74, 6) is 0.197. The number of phenolic OH excluding ortho intramolecular Hbond substituents is 1. The van der Waals surface area contributed by atoms with Crippen LogP contribution in [0.1, 0.15) is 18.4 Å². The van der Waals surface area contributed by atoms with Crippen molar-refractivity contribution in [3.05, 3.63) is 29.8 Å². The lowest BCUT2D eigenvalue weighted by Crippen LogP contribution is -2.33. The lowest BCUT2D eigenvalue weighted by Gasteiger charge is -2.32. The monoisotopic (exact) mass is 194 g/mol. The Morgan fingerprint density at radius 2 is 1.93 bits per heavy atom. The van der Waals surface area contributed by atoms with Crippen molar-refractivity contribution in [3.8, 4) is 5.75 Å². The van der Waals surface area contributed by atoms with Gasteiger partial charge in [-0.05, 0) is 17.7 Å². The van der Waals surface area contributed by atoms with E-state index in [1.165, 1.54) is 0 Å². The predicted octanol–water partition coefficient (Wildman–Crippen LogP) is 1.39. The van der Waals surface area contributed by atoms with E-state index in [2.05, 4.69) is 0 Å². The third kappa shape index (κ3) is 1.74. The van der Waals surface area contributed by atoms with E-state index in [-0.39, 0.29) is 5.75 Å². The summed E-state index contributed by atoms with van der Waals surface area (Å²) in [6, 6.07) is 6.81. The van der Waals surface area contributed by atoms with Gasteiger partial charge in [-0.1, -0.05) is 12.1 Å². The van der Waals surface area contributed by atoms with E-state index in [1.807, 2.05) is 6.07 Å². The Bertz CT molecular complexity index is 316. The van der Waals surface area contributed by atoms with Crippen LogP contribution in [0.5, 0.6) is 5.75 Å². The highest BCUT2D eigenvalue weighted by Gasteiger charge is 2.31. The summed E-state index contributed by atoms with van der Waals surface area (Å²) in [6.45, 7) is 1.15. The van der Waals surface area contributed by atoms with Gasteiger partial charge in [-0.3, -0.25) is 0 Å². The van der Waals surface area contributed by atoms with Gasteiger partial charge in [-0.15, -0.1) is 0 Å². The second-order valence-electron chi connectivity index (χ2n) is 3.69. The van der Waals surface area contributed by atoms with E-state index in [9.17, 15) is 10.2 Å². The molecule has 0 atom stereocenters. The van der Waals surface area contributed by atoms with Crippen LogP contribution in [0.15, 0.2) is 24.3 Å². The highest BCUT2D eigenvalue weighted by molar-refractivity contribution is 5.31. The van der Waals surface area contributed by atoms with Crippen LogP contribution in [0.3, 0.4) is 0 Å². The smallest absolute Gasteiger partial charge is 0.115 e. The molecule has 0 aliphatic carbocycles. The molecular weight excluding hydrogens is 180 g/mol. The molecule has 76 valence electrons. The van der Waals surface area contributed by atoms with Crippen LogP contribution < -0.4 is 0 Å². The molecule has 3 nitrogen and oxygen atoms in total. The third-order valence-electron chi connectivity index (χ3n) is 2.70. The molecule has 0 bridgehead atoms. The first-order valence-corrected chi connectivity index (χ1v) is 4.80. The summed E-state index contributed by atoms with van der Waals surface area (Å²) >= 11 is 0. The summed E-state index contributed by atoms with van der Waals surface area (Å²) in [5.41, 5.74) is -0.0439. The largest absolute Gasteiger partial charge is 0.508 e. The Morgan fingerprint density at radius 3 is 2.57 bits per heavy atom. The van der Waals surface area contributed by atoms with Gasteiger partial charge >= 0.3 is 0 Å². The van der Waals surface area contributed by atoms with Gasteiger partial charge in [0, 0.05) is 26.1 Å². The number of ether oxygens (including phenoxy) is 1. The average molecular weight is 194 g/mol. The van der Waals surface area contributed by atoms with Crippen LogP contribution in [0.4, 0.5) is 0 Å². The molecule has 1 aliphatic heterocycles. The molecule has 1 saturated heterocycles. The first-order valence-electron chi connectivity index (χ1n) is 4.80. The Balaban J connectivity index is 2.28. The maximum absolute atomic E-state index is 10.3. The maximum atomic E-state index is 10.3. The first-order chi connectivity index (χ1) is 6.71. The SMILES string of the molecule is Oc1cccc(C2(O)CCOCC2)c1. The van der Waals surface area contributed by atoms with Gasteiger partial charge in [0.05, 0.1) is 5.60 Å². The van der Waals surface area contributed by atoms with E-state index < -0.39 is 5.60 Å². The van der Waals surface area contributed by atoms with Gasteiger partial charge in [-0.2, -0.15) is 0 Å². The lowest BCUT2D eigenvalue weighted by atomic mass is 9.86. The fourth-order valence-electron chi connectivity index (χ4n) is 1.79. The molecule has 0 amide bonds. The molecular formula is C11H14O3. The molecule has 0 spiro atoms. The average Bonchev–Trinajstić information content (AvgIpc) is 2.19. The first kappa shape index (κ1) is 9.49. The summed E-state index contributed by atoms with van der Waals surface area (Å²) in [4.78, 5) is 0. The molecule has 0 saturated carbocycles. The van der Waals surface area contributed by atoms with Crippen LogP contribution in [-0.4, -0.2) is 23.4 Å². The summed E-state index contributed by atoms with van der Waals surface area (Å²) in [5, 5.41) is 19.6. The molecule has 0 aromatic heterocycles. The highest BCUT2D eigenvalue weighted by atomic mass is 16.5. The van der Waals surface area contributed by atoms with Crippen molar-refractivity contribution in [2.45, 2.75) is 18.4 Å². The Labute approximate surface area is 83.0 Å². The minimum Gasteiger partial charge on any atom is -0.508 e. The molecule has 3 heteroatoms. The van der Waals surface area contributed by atoms with E-state index in [1.54, 1.807) is 18.2 Å². The number of aliphatic hydroxyl groups is 1. The Morgan fingerprint density at radius 1 is 1.21 bits per heavy atom. The molecule has 1 heterocycles. The second kappa shape index (κ2) is 3.59. The maximum Gasteiger partial charge on any atom is 0.115 e. The zero-order chi connectivity index (χ0) is 10.0. The summed E-state index contributed by atoms with van der Waals surface area (Å²) in [6.07, 6.45) is 1.19. The molecule has 14 heavy (non-hydrogen) atoms. The van der Waals surface area contributed by atoms with Crippen LogP contribution in [0.25, 0.3) is 0 Å². The number of rotatable bonds is 1. The molecule has 1 fully saturated rings. The topological polar surface area (TPSA) is 49.7 Å². The number of hydrogen-bond acceptors (Lipinski definition) is 3. The molecule has 2 N–H and O–H groups in total. The van der Waals surface area contributed by atoms with E-state index in [0.717, 1.165) is 5.56 Å². The number of benzene rings is 1. The molecule has 2 rings (SSSR count). The molecule has 1 aromatic rings. The quantitative estimate of drug-likeness (QED) is 0.710. The number of phenols is 1. The van der Waals surface area contributed by atoms with Crippen molar-refractivity contribution >= 4 is 0 Å². The normalized spacial score (nSPS) is 20.6. The van der Waals surface area contributed by atoms with Gasteiger partial charge in [0.2, 0.25) is 0 Å². The predicted molar refractivity (Wildman–Crippen MR) is 52.1 cm³/mol. The minimum atomic E-state index is -0.822. The second-order valence-corrected chi connectivity index (χ2v) is 3.69. The number of aromatic hydroxyl groups is 1. The zero-order valence-corrected chi connectivity index (χ0v) is 7.94. The summed E-state index contributed by atoms with van der Waals surface area (Å²) in [7, 11) is 0. The molecule has 0 unspecified atom stereocenters. The van der Waals surface area contributed by atoms with E-state index in [0.29, 0.717) is 26.1 Å². The van der Waals surface area contributed by atoms with Crippen molar-refractivity contribution in [1.29, 1.82) is 0 Å². The molecule has 1 aliphatic rings. The lowest BCUT2D eigenvalue weighted by molar-refractivity contribution is -0.0680. The zero-order valence-electron chi connectivity index (χ0n) is 7.94. The third-order valence-corrected chi connectivity index (χ3v) is 2.70. The van der Waals surface area contributed by atoms with Crippen molar-refractivity contribution in [3.63, 3.8) is 0 Å². The molecule has 1 aromatic carbocycles. The van der Waals surface area contributed by atoms with Crippen molar-refractivity contribution in [2.24, 2.45) is 0 Å². The van der Waals surface area contributed by atoms with Crippen molar-refractivity contribution < 1.29 is 14.9 Å². The van der Waals surface area contributed by atoms with Gasteiger partial charge in [0.25, 0.3) is 0 Å². The van der Waals surface area contributed by atoms with Gasteiger partial charge in [0.1, 0.15) is 5.75 Å². The van der Waals surface area contributed by atoms with Crippen molar-refractivity contribution in [1.82, 2.24) is 0 Å². The number of hydrogen-bond donors (Lipinski definition) is 2. The van der Waals surface area contributed by atoms with E-state index >= 15 is 0 Å². The molecule has 0 radical (unpaired) electrons. The fraction of sp³-hybridized carbons (Fsp3) is 0.455. The Kier molecular flexibility index (Phi) is 2.44. The fourth-order valence-corrected chi connectivity index (χ4v) is 1.79. The highest BCUT2D eigenvalue weighted by Crippen LogP contribution is 2.33. The Hall–Kier alpha value is -1.06. The minimum absolute atomic E-state index is 0.197. The van der Waals surface area contributed by atoms with E-state index in [4.69, 9.17) is 4.74 Å². The van der Waals surface area contributed by atoms with Crippen LogP contribution in [0.2, 0.25) is 0 Å².